The van der Waals surface area contributed by atoms with Gasteiger partial charge in [-0.2, -0.15) is 0 Å². The third kappa shape index (κ3) is 3.98. The van der Waals surface area contributed by atoms with Gasteiger partial charge >= 0.3 is 0 Å². The first kappa shape index (κ1) is 18.8. The molecule has 2 heterocycles. The number of anilines is 1. The SMILES string of the molecule is C=CC(=O)N1CC(N2CCN(CCNc3cc4ccccc4cc3O)CC2)C1. The molecule has 0 radical (unpaired) electrons. The third-order valence-corrected chi connectivity index (χ3v) is 5.88. The predicted octanol–water partition coefficient (Wildman–Crippen LogP) is 1.97. The molecule has 2 aromatic carbocycles. The number of aromatic hydroxyl groups is 1. The fraction of sp³-hybridized carbons (Fsp3) is 0.409. The van der Waals surface area contributed by atoms with Crippen LogP contribution in [0.2, 0.25) is 0 Å². The molecule has 0 atom stereocenters. The molecule has 0 aliphatic carbocycles. The van der Waals surface area contributed by atoms with Crippen molar-refractivity contribution in [3.8, 4) is 5.75 Å². The maximum Gasteiger partial charge on any atom is 0.246 e. The van der Waals surface area contributed by atoms with E-state index in [2.05, 4.69) is 27.8 Å². The highest BCUT2D eigenvalue weighted by Gasteiger charge is 2.34. The number of carbonyl (C=O) groups is 1. The number of phenolic OH excluding ortho intramolecular Hbond substituents is 1. The first-order valence-electron chi connectivity index (χ1n) is 9.97. The van der Waals surface area contributed by atoms with Crippen LogP contribution >= 0.6 is 0 Å². The number of phenols is 1. The van der Waals surface area contributed by atoms with Gasteiger partial charge in [-0.05, 0) is 29.0 Å². The summed E-state index contributed by atoms with van der Waals surface area (Å²) in [7, 11) is 0. The number of hydrogen-bond acceptors (Lipinski definition) is 5. The molecule has 0 saturated carbocycles. The molecule has 0 bridgehead atoms. The fourth-order valence-corrected chi connectivity index (χ4v) is 4.07. The summed E-state index contributed by atoms with van der Waals surface area (Å²) in [5, 5.41) is 15.8. The monoisotopic (exact) mass is 380 g/mol. The summed E-state index contributed by atoms with van der Waals surface area (Å²) in [6, 6.07) is 12.4. The molecular weight excluding hydrogens is 352 g/mol. The van der Waals surface area contributed by atoms with Gasteiger partial charge in [-0.1, -0.05) is 30.8 Å². The minimum Gasteiger partial charge on any atom is -0.506 e. The Morgan fingerprint density at radius 2 is 1.82 bits per heavy atom. The average Bonchev–Trinajstić information content (AvgIpc) is 2.68. The van der Waals surface area contributed by atoms with E-state index >= 15 is 0 Å². The molecule has 1 amide bonds. The van der Waals surface area contributed by atoms with Crippen molar-refractivity contribution >= 4 is 22.4 Å². The second-order valence-corrected chi connectivity index (χ2v) is 7.62. The zero-order valence-electron chi connectivity index (χ0n) is 16.2. The number of nitrogens with one attached hydrogen (secondary N) is 1. The molecule has 28 heavy (non-hydrogen) atoms. The Balaban J connectivity index is 1.21. The fourth-order valence-electron chi connectivity index (χ4n) is 4.07. The van der Waals surface area contributed by atoms with Crippen molar-refractivity contribution in [3.63, 3.8) is 0 Å². The van der Waals surface area contributed by atoms with Crippen LogP contribution in [0.5, 0.6) is 5.75 Å². The van der Waals surface area contributed by atoms with E-state index < -0.39 is 0 Å². The summed E-state index contributed by atoms with van der Waals surface area (Å²) in [6.45, 7) is 11.1. The van der Waals surface area contributed by atoms with E-state index in [9.17, 15) is 9.90 Å². The Morgan fingerprint density at radius 3 is 2.50 bits per heavy atom. The van der Waals surface area contributed by atoms with E-state index in [0.29, 0.717) is 11.8 Å². The summed E-state index contributed by atoms with van der Waals surface area (Å²) in [5.74, 6) is 0.338. The lowest BCUT2D eigenvalue weighted by Crippen LogP contribution is -2.64. The first-order valence-corrected chi connectivity index (χ1v) is 9.97. The highest BCUT2D eigenvalue weighted by atomic mass is 16.3. The topological polar surface area (TPSA) is 59.1 Å². The normalized spacial score (nSPS) is 18.8. The number of hydrogen-bond donors (Lipinski definition) is 2. The van der Waals surface area contributed by atoms with Gasteiger partial charge in [0.2, 0.25) is 5.91 Å². The largest absolute Gasteiger partial charge is 0.506 e. The summed E-state index contributed by atoms with van der Waals surface area (Å²) in [5.41, 5.74) is 0.791. The first-order chi connectivity index (χ1) is 13.6. The van der Waals surface area contributed by atoms with Gasteiger partial charge in [-0.25, -0.2) is 0 Å². The minimum absolute atomic E-state index is 0.0397. The Morgan fingerprint density at radius 1 is 1.14 bits per heavy atom. The molecule has 148 valence electrons. The van der Waals surface area contributed by atoms with Crippen molar-refractivity contribution in [2.45, 2.75) is 6.04 Å². The maximum atomic E-state index is 11.6. The number of benzene rings is 2. The molecule has 6 nitrogen and oxygen atoms in total. The van der Waals surface area contributed by atoms with Crippen molar-refractivity contribution in [1.29, 1.82) is 0 Å². The van der Waals surface area contributed by atoms with E-state index in [1.807, 2.05) is 35.2 Å². The van der Waals surface area contributed by atoms with Gasteiger partial charge in [0.15, 0.2) is 0 Å². The van der Waals surface area contributed by atoms with E-state index in [1.165, 1.54) is 6.08 Å². The number of carbonyl (C=O) groups excluding carboxylic acids is 1. The Hall–Kier alpha value is -2.57. The van der Waals surface area contributed by atoms with E-state index in [4.69, 9.17) is 0 Å². The number of fused-ring (bicyclic) bond motifs is 1. The van der Waals surface area contributed by atoms with E-state index in [-0.39, 0.29) is 5.91 Å². The van der Waals surface area contributed by atoms with Crippen LogP contribution < -0.4 is 5.32 Å². The highest BCUT2D eigenvalue weighted by Crippen LogP contribution is 2.29. The van der Waals surface area contributed by atoms with Gasteiger partial charge in [0, 0.05) is 58.4 Å². The van der Waals surface area contributed by atoms with Crippen LogP contribution in [0, 0.1) is 0 Å². The van der Waals surface area contributed by atoms with Crippen molar-refractivity contribution in [2.24, 2.45) is 0 Å². The molecule has 2 N–H and O–H groups in total. The second-order valence-electron chi connectivity index (χ2n) is 7.62. The molecule has 2 fully saturated rings. The van der Waals surface area contributed by atoms with Crippen LogP contribution in [0.4, 0.5) is 5.69 Å². The van der Waals surface area contributed by atoms with Gasteiger partial charge in [0.25, 0.3) is 0 Å². The lowest BCUT2D eigenvalue weighted by atomic mass is 10.1. The molecule has 4 rings (SSSR count). The van der Waals surface area contributed by atoms with Crippen LogP contribution in [0.3, 0.4) is 0 Å². The zero-order valence-corrected chi connectivity index (χ0v) is 16.2. The quantitative estimate of drug-likeness (QED) is 0.593. The molecule has 2 aromatic rings. The Kier molecular flexibility index (Phi) is 5.50. The molecule has 0 aromatic heterocycles. The lowest BCUT2D eigenvalue weighted by molar-refractivity contribution is -0.133. The molecule has 6 heteroatoms. The predicted molar refractivity (Wildman–Crippen MR) is 113 cm³/mol. The van der Waals surface area contributed by atoms with Crippen LogP contribution in [0.25, 0.3) is 10.8 Å². The van der Waals surface area contributed by atoms with Crippen LogP contribution in [0.1, 0.15) is 0 Å². The Labute approximate surface area is 166 Å². The number of amides is 1. The van der Waals surface area contributed by atoms with Crippen LogP contribution in [0.15, 0.2) is 49.1 Å². The summed E-state index contributed by atoms with van der Waals surface area (Å²) in [6.07, 6.45) is 1.40. The van der Waals surface area contributed by atoms with Gasteiger partial charge in [-0.15, -0.1) is 0 Å². The minimum atomic E-state index is 0.0397. The Bertz CT molecular complexity index is 855. The standard InChI is InChI=1S/C22H28N4O2/c1-2-22(28)26-15-19(16-26)25-11-9-24(10-12-25)8-7-23-20-13-17-5-3-4-6-18(17)14-21(20)27/h2-6,13-14,19,23,27H,1,7-12,15-16H2. The smallest absolute Gasteiger partial charge is 0.246 e. The van der Waals surface area contributed by atoms with Gasteiger partial charge in [0.1, 0.15) is 5.75 Å². The second kappa shape index (κ2) is 8.20. The van der Waals surface area contributed by atoms with Crippen LogP contribution in [-0.2, 0) is 4.79 Å². The molecule has 2 aliphatic rings. The van der Waals surface area contributed by atoms with Crippen molar-refractivity contribution < 1.29 is 9.90 Å². The van der Waals surface area contributed by atoms with Crippen molar-refractivity contribution in [3.05, 3.63) is 49.1 Å². The highest BCUT2D eigenvalue weighted by molar-refractivity contribution is 5.88. The summed E-state index contributed by atoms with van der Waals surface area (Å²) >= 11 is 0. The van der Waals surface area contributed by atoms with Gasteiger partial charge in [0.05, 0.1) is 5.69 Å². The van der Waals surface area contributed by atoms with Gasteiger partial charge in [-0.3, -0.25) is 14.6 Å². The third-order valence-electron chi connectivity index (χ3n) is 5.88. The number of rotatable bonds is 6. The van der Waals surface area contributed by atoms with E-state index in [1.54, 1.807) is 0 Å². The summed E-state index contributed by atoms with van der Waals surface area (Å²) in [4.78, 5) is 18.4. The maximum absolute atomic E-state index is 11.6. The number of nitrogens with zero attached hydrogens (tertiary/aromatic N) is 3. The van der Waals surface area contributed by atoms with E-state index in [0.717, 1.165) is 68.8 Å². The number of likely N-dealkylation sites (tertiary alicyclic amines) is 1. The number of piperazine rings is 1. The van der Waals surface area contributed by atoms with Gasteiger partial charge < -0.3 is 15.3 Å². The van der Waals surface area contributed by atoms with Crippen LogP contribution in [-0.4, -0.2) is 84.1 Å². The molecule has 2 aliphatic heterocycles. The molecule has 2 saturated heterocycles. The molecular formula is C22H28N4O2. The zero-order chi connectivity index (χ0) is 19.5. The van der Waals surface area contributed by atoms with Crippen molar-refractivity contribution in [2.75, 3.05) is 57.7 Å². The summed E-state index contributed by atoms with van der Waals surface area (Å²) < 4.78 is 0. The lowest BCUT2D eigenvalue weighted by Gasteiger charge is -2.47. The molecule has 0 spiro atoms. The van der Waals surface area contributed by atoms with Crippen molar-refractivity contribution in [1.82, 2.24) is 14.7 Å². The molecule has 0 unspecified atom stereocenters. The average molecular weight is 380 g/mol.